The molecule has 0 spiro atoms. The number of ketones is 1. The van der Waals surface area contributed by atoms with Gasteiger partial charge in [-0.15, -0.1) is 11.8 Å². The Bertz CT molecular complexity index is 1150. The van der Waals surface area contributed by atoms with Gasteiger partial charge in [0.05, 0.1) is 16.9 Å². The number of Topliss-reactive ketones (excluding diaryl/α,β-unsaturated/α-hetero) is 1. The highest BCUT2D eigenvalue weighted by Gasteiger charge is 2.41. The van der Waals surface area contributed by atoms with Crippen LogP contribution in [-0.2, 0) is 14.8 Å². The number of sulfonamides is 1. The van der Waals surface area contributed by atoms with Gasteiger partial charge in [-0.3, -0.25) is 4.79 Å². The van der Waals surface area contributed by atoms with Crippen LogP contribution in [-0.4, -0.2) is 19.5 Å². The van der Waals surface area contributed by atoms with Gasteiger partial charge in [0.1, 0.15) is 5.78 Å². The first kappa shape index (κ1) is 22.8. The van der Waals surface area contributed by atoms with Crippen LogP contribution < -0.4 is 4.72 Å². The lowest BCUT2D eigenvalue weighted by atomic mass is 9.80. The van der Waals surface area contributed by atoms with Crippen LogP contribution in [0.4, 0.5) is 0 Å². The van der Waals surface area contributed by atoms with E-state index in [1.165, 1.54) is 0 Å². The first-order chi connectivity index (χ1) is 15.4. The maximum absolute atomic E-state index is 13.3. The van der Waals surface area contributed by atoms with Gasteiger partial charge < -0.3 is 0 Å². The Morgan fingerprint density at radius 1 is 0.906 bits per heavy atom. The van der Waals surface area contributed by atoms with Crippen molar-refractivity contribution >= 4 is 27.6 Å². The van der Waals surface area contributed by atoms with Crippen molar-refractivity contribution in [3.8, 4) is 0 Å². The Morgan fingerprint density at radius 3 is 2.19 bits per heavy atom. The van der Waals surface area contributed by atoms with Crippen molar-refractivity contribution in [1.82, 2.24) is 4.72 Å². The molecule has 0 unspecified atom stereocenters. The summed E-state index contributed by atoms with van der Waals surface area (Å²) in [4.78, 5) is 14.5. The second-order valence-corrected chi connectivity index (χ2v) is 11.2. The molecule has 1 aliphatic rings. The lowest BCUT2D eigenvalue weighted by molar-refractivity contribution is -0.125. The summed E-state index contributed by atoms with van der Waals surface area (Å²) in [5.74, 6) is -0.332. The molecule has 4 rings (SSSR count). The zero-order chi connectivity index (χ0) is 22.6. The number of benzene rings is 3. The molecule has 1 N–H and O–H groups in total. The smallest absolute Gasteiger partial charge is 0.241 e. The summed E-state index contributed by atoms with van der Waals surface area (Å²) in [6, 6.07) is 25.6. The average Bonchev–Trinajstić information content (AvgIpc) is 2.80. The summed E-state index contributed by atoms with van der Waals surface area (Å²) < 4.78 is 29.5. The summed E-state index contributed by atoms with van der Waals surface area (Å²) >= 11 is 1.67. The molecule has 4 nitrogen and oxygen atoms in total. The summed E-state index contributed by atoms with van der Waals surface area (Å²) in [5.41, 5.74) is 1.80. The van der Waals surface area contributed by atoms with Gasteiger partial charge in [-0.05, 0) is 49.6 Å². The fraction of sp³-hybridized carbons (Fsp3) is 0.269. The lowest BCUT2D eigenvalue weighted by Crippen LogP contribution is -2.43. The zero-order valence-electron chi connectivity index (χ0n) is 18.0. The number of carbonyl (C=O) groups is 1. The molecule has 0 bridgehead atoms. The van der Waals surface area contributed by atoms with Gasteiger partial charge in [0.15, 0.2) is 0 Å². The second kappa shape index (κ2) is 10.0. The van der Waals surface area contributed by atoms with Crippen molar-refractivity contribution in [1.29, 1.82) is 0 Å². The molecule has 0 aromatic heterocycles. The van der Waals surface area contributed by atoms with Crippen molar-refractivity contribution in [3.63, 3.8) is 0 Å². The summed E-state index contributed by atoms with van der Waals surface area (Å²) in [6.45, 7) is 1.92. The second-order valence-electron chi connectivity index (χ2n) is 8.18. The Kier molecular flexibility index (Phi) is 7.13. The minimum Gasteiger partial charge on any atom is -0.299 e. The van der Waals surface area contributed by atoms with Gasteiger partial charge in [0, 0.05) is 16.6 Å². The predicted octanol–water partition coefficient (Wildman–Crippen LogP) is 5.54. The van der Waals surface area contributed by atoms with E-state index in [0.717, 1.165) is 28.9 Å². The fourth-order valence-corrected chi connectivity index (χ4v) is 6.85. The molecule has 32 heavy (non-hydrogen) atoms. The Labute approximate surface area is 194 Å². The fourth-order valence-electron chi connectivity index (χ4n) is 4.20. The highest BCUT2D eigenvalue weighted by Crippen LogP contribution is 2.42. The van der Waals surface area contributed by atoms with E-state index in [1.54, 1.807) is 36.0 Å². The minimum absolute atomic E-state index is 0.00965. The topological polar surface area (TPSA) is 63.2 Å². The van der Waals surface area contributed by atoms with Crippen LogP contribution in [0.5, 0.6) is 0 Å². The number of hydrogen-bond acceptors (Lipinski definition) is 4. The number of nitrogens with one attached hydrogen (secondary N) is 1. The van der Waals surface area contributed by atoms with Crippen LogP contribution in [0.2, 0.25) is 0 Å². The first-order valence-electron chi connectivity index (χ1n) is 10.8. The monoisotopic (exact) mass is 465 g/mol. The number of hydrogen-bond donors (Lipinski definition) is 1. The van der Waals surface area contributed by atoms with E-state index in [1.807, 2.05) is 67.6 Å². The molecule has 0 heterocycles. The molecule has 1 fully saturated rings. The summed E-state index contributed by atoms with van der Waals surface area (Å²) in [6.07, 6.45) is 2.17. The van der Waals surface area contributed by atoms with Gasteiger partial charge in [0.25, 0.3) is 0 Å². The molecule has 166 valence electrons. The minimum atomic E-state index is -3.80. The first-order valence-corrected chi connectivity index (χ1v) is 13.2. The van der Waals surface area contributed by atoms with E-state index < -0.39 is 22.0 Å². The van der Waals surface area contributed by atoms with Crippen LogP contribution in [0, 0.1) is 12.8 Å². The van der Waals surface area contributed by atoms with Gasteiger partial charge in [-0.2, -0.15) is 0 Å². The molecule has 0 aliphatic heterocycles. The molecule has 0 amide bonds. The number of thioether (sulfide) groups is 1. The molecule has 1 aliphatic carbocycles. The highest BCUT2D eigenvalue weighted by atomic mass is 32.2. The molecule has 3 aromatic rings. The van der Waals surface area contributed by atoms with Crippen LogP contribution in [0.3, 0.4) is 0 Å². The van der Waals surface area contributed by atoms with Crippen LogP contribution in [0.1, 0.15) is 36.4 Å². The van der Waals surface area contributed by atoms with Crippen molar-refractivity contribution < 1.29 is 13.2 Å². The van der Waals surface area contributed by atoms with Crippen molar-refractivity contribution in [2.45, 2.75) is 47.3 Å². The quantitative estimate of drug-likeness (QED) is 0.497. The Hall–Kier alpha value is -2.41. The maximum Gasteiger partial charge on any atom is 0.241 e. The summed E-state index contributed by atoms with van der Waals surface area (Å²) in [5, 5.41) is -0.00965. The molecule has 6 heteroatoms. The normalized spacial score (nSPS) is 20.1. The number of rotatable bonds is 7. The van der Waals surface area contributed by atoms with Crippen molar-refractivity contribution in [2.75, 3.05) is 0 Å². The van der Waals surface area contributed by atoms with E-state index in [-0.39, 0.29) is 15.9 Å². The van der Waals surface area contributed by atoms with Gasteiger partial charge in [-0.1, -0.05) is 66.2 Å². The van der Waals surface area contributed by atoms with E-state index >= 15 is 0 Å². The molecular weight excluding hydrogens is 438 g/mol. The maximum atomic E-state index is 13.3. The van der Waals surface area contributed by atoms with Crippen LogP contribution >= 0.6 is 11.8 Å². The summed E-state index contributed by atoms with van der Waals surface area (Å²) in [7, 11) is -3.80. The SMILES string of the molecule is Cc1ccc(S(=O)(=O)N[C@@H](c2ccccc2)[C@H]2C(=O)CCC[C@@H]2Sc2ccccc2)cc1. The number of aryl methyl sites for hydroxylation is 1. The lowest BCUT2D eigenvalue weighted by Gasteiger charge is -2.36. The van der Waals surface area contributed by atoms with Gasteiger partial charge >= 0.3 is 0 Å². The van der Waals surface area contributed by atoms with Gasteiger partial charge in [0.2, 0.25) is 10.0 Å². The molecular formula is C26H27NO3S2. The van der Waals surface area contributed by atoms with E-state index in [2.05, 4.69) is 4.72 Å². The standard InChI is InChI=1S/C26H27NO3S2/c1-19-15-17-22(18-16-19)32(29,30)27-26(20-9-4-2-5-10-20)25-23(28)13-8-14-24(25)31-21-11-6-3-7-12-21/h2-7,9-12,15-18,24-27H,8,13-14H2,1H3/t24-,25-,26-/m0/s1. The van der Waals surface area contributed by atoms with Crippen molar-refractivity contribution in [3.05, 3.63) is 96.1 Å². The van der Waals surface area contributed by atoms with Crippen molar-refractivity contribution in [2.24, 2.45) is 5.92 Å². The molecule has 1 saturated carbocycles. The Balaban J connectivity index is 1.71. The number of carbonyl (C=O) groups excluding carboxylic acids is 1. The molecule has 0 saturated heterocycles. The third-order valence-electron chi connectivity index (χ3n) is 5.85. The van der Waals surface area contributed by atoms with Gasteiger partial charge in [-0.25, -0.2) is 13.1 Å². The largest absolute Gasteiger partial charge is 0.299 e. The highest BCUT2D eigenvalue weighted by molar-refractivity contribution is 8.00. The zero-order valence-corrected chi connectivity index (χ0v) is 19.6. The van der Waals surface area contributed by atoms with Crippen LogP contribution in [0.15, 0.2) is 94.7 Å². The molecule has 0 radical (unpaired) electrons. The Morgan fingerprint density at radius 2 is 1.53 bits per heavy atom. The third-order valence-corrected chi connectivity index (χ3v) is 8.68. The molecule has 3 atom stereocenters. The van der Waals surface area contributed by atoms with E-state index in [4.69, 9.17) is 0 Å². The van der Waals surface area contributed by atoms with E-state index in [9.17, 15) is 13.2 Å². The molecule has 3 aromatic carbocycles. The predicted molar refractivity (Wildman–Crippen MR) is 129 cm³/mol. The van der Waals surface area contributed by atoms with Crippen LogP contribution in [0.25, 0.3) is 0 Å². The average molecular weight is 466 g/mol. The third kappa shape index (κ3) is 5.31. The van der Waals surface area contributed by atoms with E-state index in [0.29, 0.717) is 6.42 Å².